The van der Waals surface area contributed by atoms with E-state index in [1.54, 1.807) is 0 Å². The zero-order chi connectivity index (χ0) is 24.5. The number of fused-ring (bicyclic) bond motifs is 2. The van der Waals surface area contributed by atoms with Crippen molar-refractivity contribution in [3.05, 3.63) is 40.9 Å². The largest absolute Gasteiger partial charge is 0.393 e. The molecule has 1 saturated heterocycles. The summed E-state index contributed by atoms with van der Waals surface area (Å²) in [6.07, 6.45) is 10.2. The highest BCUT2D eigenvalue weighted by molar-refractivity contribution is 9.10. The lowest BCUT2D eigenvalue weighted by atomic mass is 9.43. The number of nitrogens with zero attached hydrogens (tertiary/aromatic N) is 1. The number of carbonyl (C=O) groups is 1. The molecule has 2 bridgehead atoms. The first kappa shape index (κ1) is 23.6. The number of aliphatic hydroxyl groups is 1. The van der Waals surface area contributed by atoms with Crippen LogP contribution in [0.5, 0.6) is 0 Å². The molecule has 2 heterocycles. The van der Waals surface area contributed by atoms with Gasteiger partial charge in [-0.1, -0.05) is 41.0 Å². The second kappa shape index (κ2) is 8.13. The summed E-state index contributed by atoms with van der Waals surface area (Å²) in [5.74, 6) is 0.337. The molecule has 1 aromatic rings. The Morgan fingerprint density at radius 3 is 2.69 bits per heavy atom. The number of aliphatic hydroxyl groups excluding tert-OH is 1. The molecule has 2 aliphatic heterocycles. The number of hydrogen-bond donors (Lipinski definition) is 2. The Labute approximate surface area is 214 Å². The molecule has 4 fully saturated rings. The molecule has 1 amide bonds. The van der Waals surface area contributed by atoms with Crippen molar-refractivity contribution in [1.29, 1.82) is 0 Å². The summed E-state index contributed by atoms with van der Waals surface area (Å²) < 4.78 is 0.956. The monoisotopic (exact) mass is 544 g/mol. The van der Waals surface area contributed by atoms with Crippen LogP contribution in [0.3, 0.4) is 0 Å². The number of oxime groups is 1. The van der Waals surface area contributed by atoms with Crippen LogP contribution in [0.25, 0.3) is 0 Å². The van der Waals surface area contributed by atoms with E-state index in [1.165, 1.54) is 0 Å². The molecule has 7 atom stereocenters. The Hall–Kier alpha value is -1.74. The van der Waals surface area contributed by atoms with E-state index in [0.717, 1.165) is 54.4 Å². The van der Waals surface area contributed by atoms with Gasteiger partial charge in [-0.25, -0.2) is 9.78 Å². The van der Waals surface area contributed by atoms with Crippen molar-refractivity contribution >= 4 is 33.2 Å². The van der Waals surface area contributed by atoms with Crippen LogP contribution >= 0.6 is 15.9 Å². The van der Waals surface area contributed by atoms with E-state index in [2.05, 4.69) is 52.4 Å². The smallest absolute Gasteiger partial charge is 0.265 e. The Morgan fingerprint density at radius 2 is 1.94 bits per heavy atom. The van der Waals surface area contributed by atoms with Crippen LogP contribution in [0.15, 0.2) is 46.0 Å². The lowest BCUT2D eigenvalue weighted by molar-refractivity contribution is -0.496. The number of nitrogens with one attached hydrogen (secondary N) is 1. The Morgan fingerprint density at radius 1 is 1.14 bits per heavy atom. The summed E-state index contributed by atoms with van der Waals surface area (Å²) in [6.45, 7) is 4.47. The highest BCUT2D eigenvalue weighted by Gasteiger charge is 2.74. The third-order valence-electron chi connectivity index (χ3n) is 9.86. The molecule has 7 nitrogen and oxygen atoms in total. The van der Waals surface area contributed by atoms with Gasteiger partial charge in [0, 0.05) is 39.2 Å². The predicted molar refractivity (Wildman–Crippen MR) is 134 cm³/mol. The fourth-order valence-electron chi connectivity index (χ4n) is 7.94. The number of amides is 1. The third-order valence-corrected chi connectivity index (χ3v) is 10.4. The minimum Gasteiger partial charge on any atom is -0.393 e. The van der Waals surface area contributed by atoms with Crippen molar-refractivity contribution < 1.29 is 24.5 Å². The van der Waals surface area contributed by atoms with Crippen LogP contribution in [-0.4, -0.2) is 40.6 Å². The maximum atomic E-state index is 12.3. The number of anilines is 1. The minimum atomic E-state index is -0.536. The lowest BCUT2D eigenvalue weighted by Gasteiger charge is -2.69. The van der Waals surface area contributed by atoms with E-state index in [9.17, 15) is 9.90 Å². The quantitative estimate of drug-likeness (QED) is 0.311. The molecule has 1 aromatic carbocycles. The Balaban J connectivity index is 1.19. The maximum Gasteiger partial charge on any atom is 0.265 e. The molecular weight excluding hydrogens is 512 g/mol. The van der Waals surface area contributed by atoms with Crippen molar-refractivity contribution in [2.45, 2.75) is 76.1 Å². The van der Waals surface area contributed by atoms with Gasteiger partial charge in [0.15, 0.2) is 6.61 Å². The molecule has 0 unspecified atom stereocenters. The Kier molecular flexibility index (Phi) is 5.49. The number of halogens is 1. The molecule has 0 radical (unpaired) electrons. The fourth-order valence-corrected chi connectivity index (χ4v) is 8.21. The zero-order valence-corrected chi connectivity index (χ0v) is 21.8. The van der Waals surface area contributed by atoms with Crippen molar-refractivity contribution in [2.75, 3.05) is 11.9 Å². The second-order valence-electron chi connectivity index (χ2n) is 11.5. The van der Waals surface area contributed by atoms with Crippen LogP contribution in [0.1, 0.15) is 58.8 Å². The maximum absolute atomic E-state index is 12.3. The fraction of sp³-hybridized carbons (Fsp3) is 0.630. The van der Waals surface area contributed by atoms with Gasteiger partial charge < -0.3 is 15.3 Å². The van der Waals surface area contributed by atoms with E-state index < -0.39 is 11.2 Å². The zero-order valence-electron chi connectivity index (χ0n) is 20.3. The molecule has 7 rings (SSSR count). The molecule has 4 aliphatic carbocycles. The summed E-state index contributed by atoms with van der Waals surface area (Å²) in [5, 5.41) is 17.7. The van der Waals surface area contributed by atoms with Crippen molar-refractivity contribution in [3.63, 3.8) is 0 Å². The van der Waals surface area contributed by atoms with Crippen LogP contribution in [0.4, 0.5) is 5.69 Å². The van der Waals surface area contributed by atoms with E-state index in [1.807, 2.05) is 24.3 Å². The number of benzene rings is 1. The molecule has 8 heteroatoms. The third kappa shape index (κ3) is 3.40. The molecule has 35 heavy (non-hydrogen) atoms. The average Bonchev–Trinajstić information content (AvgIpc) is 3.17. The van der Waals surface area contributed by atoms with E-state index in [-0.39, 0.29) is 35.4 Å². The van der Waals surface area contributed by atoms with Gasteiger partial charge in [-0.05, 0) is 68.9 Å². The minimum absolute atomic E-state index is 0.0535. The summed E-state index contributed by atoms with van der Waals surface area (Å²) in [7, 11) is 0. The SMILES string of the molecule is C[C@]12CC[C@@H]3[C@]4(C=C[C@]5(C[C@@H](O)CC[C@]35C)OO4)[C@@H]1CC/C2=N\OCC(=O)Nc1ccc(Br)cc1. The van der Waals surface area contributed by atoms with E-state index in [4.69, 9.17) is 14.6 Å². The van der Waals surface area contributed by atoms with Crippen LogP contribution in [-0.2, 0) is 19.4 Å². The summed E-state index contributed by atoms with van der Waals surface area (Å²) in [4.78, 5) is 30.4. The first-order chi connectivity index (χ1) is 16.7. The summed E-state index contributed by atoms with van der Waals surface area (Å²) >= 11 is 3.39. The van der Waals surface area contributed by atoms with Gasteiger partial charge >= 0.3 is 0 Å². The molecule has 2 spiro atoms. The number of carbonyl (C=O) groups excluding carboxylic acids is 1. The highest BCUT2D eigenvalue weighted by atomic mass is 79.9. The van der Waals surface area contributed by atoms with E-state index >= 15 is 0 Å². The first-order valence-corrected chi connectivity index (χ1v) is 13.5. The van der Waals surface area contributed by atoms with Gasteiger partial charge in [0.05, 0.1) is 11.8 Å². The van der Waals surface area contributed by atoms with Crippen LogP contribution in [0.2, 0.25) is 0 Å². The first-order valence-electron chi connectivity index (χ1n) is 12.7. The number of hydrogen-bond acceptors (Lipinski definition) is 6. The van der Waals surface area contributed by atoms with Gasteiger partial charge in [-0.15, -0.1) is 0 Å². The van der Waals surface area contributed by atoms with E-state index in [0.29, 0.717) is 12.3 Å². The molecule has 3 saturated carbocycles. The van der Waals surface area contributed by atoms with Crippen molar-refractivity contribution in [2.24, 2.45) is 27.8 Å². The van der Waals surface area contributed by atoms with Gasteiger partial charge in [-0.2, -0.15) is 0 Å². The van der Waals surface area contributed by atoms with Gasteiger partial charge in [0.1, 0.15) is 11.2 Å². The standard InChI is InChI=1S/C27H33BrN2O5/c1-24-11-10-21-25(2)12-9-19(31)15-26(25)13-14-27(21,35-34-26)20(24)7-8-22(24)30-33-16-23(32)29-18-5-3-17(28)4-6-18/h3-6,13-14,19-21,31H,7-12,15-16H2,1-2H3,(H,29,32)/b30-22+/t19-,20+,21-,24-,25+,26+,27-/m0/s1. The van der Waals surface area contributed by atoms with Crippen molar-refractivity contribution in [1.82, 2.24) is 0 Å². The molecule has 6 aliphatic rings. The number of rotatable bonds is 4. The summed E-state index contributed by atoms with van der Waals surface area (Å²) in [5.41, 5.74) is 0.484. The van der Waals surface area contributed by atoms with Gasteiger partial charge in [0.25, 0.3) is 5.91 Å². The summed E-state index contributed by atoms with van der Waals surface area (Å²) in [6, 6.07) is 7.42. The predicted octanol–water partition coefficient (Wildman–Crippen LogP) is 5.15. The highest BCUT2D eigenvalue weighted by Crippen LogP contribution is 2.70. The molecule has 188 valence electrons. The normalized spacial score (nSPS) is 44.5. The molecule has 2 N–H and O–H groups in total. The average molecular weight is 545 g/mol. The van der Waals surface area contributed by atoms with Gasteiger partial charge in [-0.3, -0.25) is 4.79 Å². The topological polar surface area (TPSA) is 89.4 Å². The second-order valence-corrected chi connectivity index (χ2v) is 12.4. The van der Waals surface area contributed by atoms with Gasteiger partial charge in [0.2, 0.25) is 0 Å². The van der Waals surface area contributed by atoms with Crippen LogP contribution < -0.4 is 5.32 Å². The van der Waals surface area contributed by atoms with Crippen LogP contribution in [0, 0.1) is 22.7 Å². The lowest BCUT2D eigenvalue weighted by Crippen LogP contribution is -2.73. The molecule has 0 aromatic heterocycles. The molecular formula is C27H33BrN2O5. The Bertz CT molecular complexity index is 1090. The van der Waals surface area contributed by atoms with Crippen molar-refractivity contribution in [3.8, 4) is 0 Å².